The lowest BCUT2D eigenvalue weighted by Crippen LogP contribution is -2.25. The SMILES string of the molecule is O=c1c2c(nc(CCC3CCCC3)n1Cc1ccco1)sc1c(O)cc(Cc3ccccc3)cc12. The number of rotatable bonds is 7. The first-order valence-electron chi connectivity index (χ1n) is 12.4. The zero-order chi connectivity index (χ0) is 23.8. The van der Waals surface area contributed by atoms with Gasteiger partial charge in [-0.2, -0.15) is 0 Å². The van der Waals surface area contributed by atoms with Gasteiger partial charge in [-0.15, -0.1) is 11.3 Å². The average Bonchev–Trinajstić information content (AvgIpc) is 3.62. The lowest BCUT2D eigenvalue weighted by atomic mass is 10.0. The molecule has 0 amide bonds. The molecule has 3 heterocycles. The largest absolute Gasteiger partial charge is 0.506 e. The van der Waals surface area contributed by atoms with E-state index in [1.165, 1.54) is 37.0 Å². The molecule has 0 radical (unpaired) electrons. The summed E-state index contributed by atoms with van der Waals surface area (Å²) in [7, 11) is 0. The number of thiophene rings is 1. The molecule has 0 unspecified atom stereocenters. The van der Waals surface area contributed by atoms with E-state index >= 15 is 0 Å². The van der Waals surface area contributed by atoms with Crippen molar-refractivity contribution in [2.75, 3.05) is 0 Å². The number of benzene rings is 2. The first-order chi connectivity index (χ1) is 17.2. The van der Waals surface area contributed by atoms with Crippen LogP contribution in [0, 0.1) is 5.92 Å². The molecular weight excluding hydrogens is 456 g/mol. The number of aryl methyl sites for hydroxylation is 1. The fourth-order valence-electron chi connectivity index (χ4n) is 5.42. The molecule has 5 nitrogen and oxygen atoms in total. The Balaban J connectivity index is 1.47. The molecule has 1 aliphatic carbocycles. The maximum atomic E-state index is 13.9. The molecule has 0 spiro atoms. The van der Waals surface area contributed by atoms with Crippen molar-refractivity contribution in [1.29, 1.82) is 0 Å². The molecule has 178 valence electrons. The van der Waals surface area contributed by atoms with Crippen molar-refractivity contribution in [2.24, 2.45) is 5.92 Å². The number of furan rings is 1. The van der Waals surface area contributed by atoms with Crippen molar-refractivity contribution < 1.29 is 9.52 Å². The number of aromatic nitrogens is 2. The summed E-state index contributed by atoms with van der Waals surface area (Å²) in [5.74, 6) is 2.47. The van der Waals surface area contributed by atoms with Gasteiger partial charge in [-0.25, -0.2) is 4.98 Å². The number of hydrogen-bond acceptors (Lipinski definition) is 5. The van der Waals surface area contributed by atoms with Gasteiger partial charge >= 0.3 is 0 Å². The summed E-state index contributed by atoms with van der Waals surface area (Å²) in [6, 6.07) is 17.8. The molecule has 6 heteroatoms. The molecule has 0 bridgehead atoms. The molecule has 0 saturated heterocycles. The third-order valence-corrected chi connectivity index (χ3v) is 8.33. The second-order valence-electron chi connectivity index (χ2n) is 9.62. The van der Waals surface area contributed by atoms with E-state index in [0.717, 1.165) is 45.6 Å². The van der Waals surface area contributed by atoms with Crippen molar-refractivity contribution >= 4 is 31.6 Å². The summed E-state index contributed by atoms with van der Waals surface area (Å²) in [4.78, 5) is 19.6. The highest BCUT2D eigenvalue weighted by atomic mass is 32.1. The van der Waals surface area contributed by atoms with Crippen LogP contribution in [0.3, 0.4) is 0 Å². The third-order valence-electron chi connectivity index (χ3n) is 7.21. The van der Waals surface area contributed by atoms with Gasteiger partial charge in [-0.1, -0.05) is 56.0 Å². The highest BCUT2D eigenvalue weighted by Gasteiger charge is 2.21. The summed E-state index contributed by atoms with van der Waals surface area (Å²) in [5, 5.41) is 12.2. The number of hydrogen-bond donors (Lipinski definition) is 1. The van der Waals surface area contributed by atoms with E-state index in [1.807, 2.05) is 42.5 Å². The van der Waals surface area contributed by atoms with E-state index in [9.17, 15) is 9.90 Å². The van der Waals surface area contributed by atoms with E-state index in [4.69, 9.17) is 9.40 Å². The van der Waals surface area contributed by atoms with E-state index in [2.05, 4.69) is 12.1 Å². The van der Waals surface area contributed by atoms with Crippen LogP contribution in [0.15, 0.2) is 70.1 Å². The molecule has 6 rings (SSSR count). The second-order valence-corrected chi connectivity index (χ2v) is 10.6. The van der Waals surface area contributed by atoms with Crippen molar-refractivity contribution in [3.05, 3.63) is 93.9 Å². The van der Waals surface area contributed by atoms with Gasteiger partial charge in [0.2, 0.25) is 0 Å². The van der Waals surface area contributed by atoms with Crippen LogP contribution in [-0.2, 0) is 19.4 Å². The lowest BCUT2D eigenvalue weighted by molar-refractivity contribution is 0.464. The molecular formula is C29H28N2O3S. The number of fused-ring (bicyclic) bond motifs is 3. The van der Waals surface area contributed by atoms with Crippen LogP contribution < -0.4 is 5.56 Å². The molecule has 35 heavy (non-hydrogen) atoms. The summed E-state index contributed by atoms with van der Waals surface area (Å²) in [6.07, 6.45) is 9.29. The molecule has 1 aliphatic rings. The quantitative estimate of drug-likeness (QED) is 0.280. The monoisotopic (exact) mass is 484 g/mol. The standard InChI is InChI=1S/C29H28N2O3S/c32-24-17-21(15-20-9-2-1-3-10-20)16-23-26-28(35-27(23)24)30-25(13-12-19-7-4-5-8-19)31(29(26)33)18-22-11-6-14-34-22/h1-3,6,9-11,14,16-17,19,32H,4-5,7-8,12-13,15,18H2. The summed E-state index contributed by atoms with van der Waals surface area (Å²) in [6.45, 7) is 0.363. The normalized spacial score (nSPS) is 14.4. The highest BCUT2D eigenvalue weighted by molar-refractivity contribution is 7.25. The molecule has 1 N–H and O–H groups in total. The predicted molar refractivity (Wildman–Crippen MR) is 140 cm³/mol. The smallest absolute Gasteiger partial charge is 0.263 e. The summed E-state index contributed by atoms with van der Waals surface area (Å²) >= 11 is 1.41. The Morgan fingerprint density at radius 2 is 1.89 bits per heavy atom. The molecule has 0 aliphatic heterocycles. The minimum Gasteiger partial charge on any atom is -0.506 e. The fourth-order valence-corrected chi connectivity index (χ4v) is 6.50. The third kappa shape index (κ3) is 4.39. The Bertz CT molecular complexity index is 1530. The first kappa shape index (κ1) is 22.1. The molecule has 1 saturated carbocycles. The lowest BCUT2D eigenvalue weighted by Gasteiger charge is -2.14. The number of phenolic OH excluding ortho intramolecular Hbond substituents is 1. The van der Waals surface area contributed by atoms with Gasteiger partial charge in [-0.05, 0) is 54.2 Å². The van der Waals surface area contributed by atoms with Gasteiger partial charge in [0.05, 0.1) is 22.9 Å². The fraction of sp³-hybridized carbons (Fsp3) is 0.310. The van der Waals surface area contributed by atoms with Gasteiger partial charge in [0, 0.05) is 11.8 Å². The van der Waals surface area contributed by atoms with E-state index in [-0.39, 0.29) is 11.3 Å². The zero-order valence-corrected chi connectivity index (χ0v) is 20.4. The van der Waals surface area contributed by atoms with Crippen LogP contribution in [-0.4, -0.2) is 14.7 Å². The maximum absolute atomic E-state index is 13.9. The van der Waals surface area contributed by atoms with Crippen LogP contribution in [0.4, 0.5) is 0 Å². The minimum atomic E-state index is -0.0599. The van der Waals surface area contributed by atoms with Gasteiger partial charge in [0.25, 0.3) is 5.56 Å². The maximum Gasteiger partial charge on any atom is 0.263 e. The Kier molecular flexibility index (Phi) is 5.90. The van der Waals surface area contributed by atoms with Crippen molar-refractivity contribution in [2.45, 2.75) is 51.5 Å². The minimum absolute atomic E-state index is 0.0599. The molecule has 2 aromatic carbocycles. The number of aromatic hydroxyl groups is 1. The van der Waals surface area contributed by atoms with Crippen LogP contribution in [0.5, 0.6) is 5.75 Å². The Morgan fingerprint density at radius 3 is 2.66 bits per heavy atom. The Hall–Kier alpha value is -3.38. The van der Waals surface area contributed by atoms with Gasteiger partial charge in [-0.3, -0.25) is 9.36 Å². The van der Waals surface area contributed by atoms with Crippen LogP contribution >= 0.6 is 11.3 Å². The molecule has 1 fully saturated rings. The predicted octanol–water partition coefficient (Wildman–Crippen LogP) is 6.67. The average molecular weight is 485 g/mol. The summed E-state index contributed by atoms with van der Waals surface area (Å²) in [5.41, 5.74) is 2.08. The van der Waals surface area contributed by atoms with Crippen LogP contribution in [0.25, 0.3) is 20.3 Å². The molecule has 3 aromatic heterocycles. The number of nitrogens with zero attached hydrogens (tertiary/aromatic N) is 2. The van der Waals surface area contributed by atoms with Crippen molar-refractivity contribution in [3.8, 4) is 5.75 Å². The van der Waals surface area contributed by atoms with Crippen molar-refractivity contribution in [3.63, 3.8) is 0 Å². The zero-order valence-electron chi connectivity index (χ0n) is 19.6. The summed E-state index contributed by atoms with van der Waals surface area (Å²) < 4.78 is 8.09. The number of phenols is 1. The second kappa shape index (κ2) is 9.34. The van der Waals surface area contributed by atoms with E-state index < -0.39 is 0 Å². The van der Waals surface area contributed by atoms with Crippen LogP contribution in [0.2, 0.25) is 0 Å². The van der Waals surface area contributed by atoms with Crippen LogP contribution in [0.1, 0.15) is 54.8 Å². The topological polar surface area (TPSA) is 68.3 Å². The van der Waals surface area contributed by atoms with E-state index in [1.54, 1.807) is 10.8 Å². The van der Waals surface area contributed by atoms with Gasteiger partial charge in [0.1, 0.15) is 22.2 Å². The first-order valence-corrected chi connectivity index (χ1v) is 13.2. The molecule has 5 aromatic rings. The highest BCUT2D eigenvalue weighted by Crippen LogP contribution is 2.38. The van der Waals surface area contributed by atoms with Gasteiger partial charge < -0.3 is 9.52 Å². The molecule has 0 atom stereocenters. The van der Waals surface area contributed by atoms with E-state index in [0.29, 0.717) is 29.1 Å². The Morgan fingerprint density at radius 1 is 1.06 bits per heavy atom. The Labute approximate surface area is 207 Å². The van der Waals surface area contributed by atoms with Crippen molar-refractivity contribution in [1.82, 2.24) is 9.55 Å². The van der Waals surface area contributed by atoms with Gasteiger partial charge in [0.15, 0.2) is 0 Å².